The molecule has 0 spiro atoms. The van der Waals surface area contributed by atoms with E-state index in [9.17, 15) is 4.79 Å². The molecule has 0 rings (SSSR count). The lowest BCUT2D eigenvalue weighted by Gasteiger charge is -2.45. The van der Waals surface area contributed by atoms with Crippen LogP contribution in [-0.4, -0.2) is 70.2 Å². The highest BCUT2D eigenvalue weighted by Crippen LogP contribution is 2.50. The zero-order valence-electron chi connectivity index (χ0n) is 26.0. The summed E-state index contributed by atoms with van der Waals surface area (Å²) in [5.74, 6) is 0.315. The maximum absolute atomic E-state index is 12.2. The molecular formula is C28H60N3O4PS. The molecule has 9 heteroatoms. The summed E-state index contributed by atoms with van der Waals surface area (Å²) in [5.41, 5.74) is 0.280. The van der Waals surface area contributed by atoms with Gasteiger partial charge in [0.1, 0.15) is 5.94 Å². The zero-order valence-corrected chi connectivity index (χ0v) is 27.7. The molecule has 0 atom stereocenters. The lowest BCUT2D eigenvalue weighted by Crippen LogP contribution is -2.44. The van der Waals surface area contributed by atoms with Crippen LogP contribution in [0.25, 0.3) is 0 Å². The number of hydrogen-bond acceptors (Lipinski definition) is 8. The number of unbranched alkanes of at least 4 members (excludes halogenated alkanes) is 2. The molecule has 0 radical (unpaired) electrons. The number of nitrogens with zero attached hydrogens (tertiary/aromatic N) is 2. The fourth-order valence-electron chi connectivity index (χ4n) is 4.68. The molecule has 0 saturated heterocycles. The Hall–Kier alpha value is 0.210. The monoisotopic (exact) mass is 565 g/mol. The van der Waals surface area contributed by atoms with Crippen molar-refractivity contribution >= 4 is 25.3 Å². The summed E-state index contributed by atoms with van der Waals surface area (Å²) in [6.45, 7) is 25.8. The predicted molar refractivity (Wildman–Crippen MR) is 162 cm³/mol. The molecule has 0 unspecified atom stereocenters. The standard InChI is InChI=1S/C28H60N3O4PS/c1-12-28(13-2,14-3)29-19-17-15-16-18-27(32)37-22-34-20-33-21-35-36(30(23(4)5)24(6)7)31(25(8)9)26(10)11/h23-26,29H,12-22H2,1-11H3. The first-order valence-corrected chi connectivity index (χ1v) is 16.7. The van der Waals surface area contributed by atoms with Crippen LogP contribution < -0.4 is 5.32 Å². The van der Waals surface area contributed by atoms with Crippen molar-refractivity contribution in [1.82, 2.24) is 14.7 Å². The zero-order chi connectivity index (χ0) is 28.4. The van der Waals surface area contributed by atoms with Crippen molar-refractivity contribution in [2.45, 2.75) is 151 Å². The molecule has 0 aromatic heterocycles. The molecular weight excluding hydrogens is 505 g/mol. The SMILES string of the molecule is CCC(CC)(CC)NCCCCCC(=O)SCOCOCOP(N(C(C)C)C(C)C)N(C(C)C)C(C)C. The first kappa shape index (κ1) is 37.2. The van der Waals surface area contributed by atoms with E-state index < -0.39 is 8.45 Å². The third kappa shape index (κ3) is 15.0. The first-order chi connectivity index (χ1) is 17.5. The molecule has 0 fully saturated rings. The topological polar surface area (TPSA) is 63.3 Å². The summed E-state index contributed by atoms with van der Waals surface area (Å²) in [7, 11) is -0.980. The van der Waals surface area contributed by atoms with Crippen molar-refractivity contribution in [3.05, 3.63) is 0 Å². The van der Waals surface area contributed by atoms with Crippen LogP contribution >= 0.6 is 20.2 Å². The number of ether oxygens (including phenoxy) is 2. The van der Waals surface area contributed by atoms with Gasteiger partial charge in [-0.3, -0.25) is 4.79 Å². The van der Waals surface area contributed by atoms with Crippen molar-refractivity contribution in [2.75, 3.05) is 26.1 Å². The Bertz CT molecular complexity index is 533. The Kier molecular flexibility index (Phi) is 21.1. The summed E-state index contributed by atoms with van der Waals surface area (Å²) in [5, 5.41) is 3.92. The number of thioether (sulfide) groups is 1. The Labute approximate surface area is 235 Å². The van der Waals surface area contributed by atoms with Crippen LogP contribution in [0.3, 0.4) is 0 Å². The van der Waals surface area contributed by atoms with Gasteiger partial charge in [0.05, 0.1) is 0 Å². The Morgan fingerprint density at radius 1 is 0.784 bits per heavy atom. The minimum atomic E-state index is -0.980. The van der Waals surface area contributed by atoms with E-state index in [2.05, 4.69) is 90.8 Å². The maximum atomic E-state index is 12.2. The molecule has 0 bridgehead atoms. The van der Waals surface area contributed by atoms with Crippen molar-refractivity contribution in [3.8, 4) is 0 Å². The molecule has 1 N–H and O–H groups in total. The molecule has 0 aromatic carbocycles. The molecule has 0 saturated carbocycles. The van der Waals surface area contributed by atoms with Crippen molar-refractivity contribution in [3.63, 3.8) is 0 Å². The number of rotatable bonds is 23. The fourth-order valence-corrected chi connectivity index (χ4v) is 7.50. The molecule has 222 valence electrons. The van der Waals surface area contributed by atoms with E-state index >= 15 is 0 Å². The smallest absolute Gasteiger partial charge is 0.191 e. The van der Waals surface area contributed by atoms with Gasteiger partial charge in [-0.25, -0.2) is 9.34 Å². The second-order valence-corrected chi connectivity index (χ2v) is 13.5. The molecule has 7 nitrogen and oxygen atoms in total. The van der Waals surface area contributed by atoms with Crippen LogP contribution in [0.4, 0.5) is 0 Å². The highest BCUT2D eigenvalue weighted by atomic mass is 32.2. The van der Waals surface area contributed by atoms with E-state index in [1.54, 1.807) is 0 Å². The predicted octanol–water partition coefficient (Wildman–Crippen LogP) is 7.75. The van der Waals surface area contributed by atoms with Crippen LogP contribution in [0.5, 0.6) is 0 Å². The largest absolute Gasteiger partial charge is 0.344 e. The Balaban J connectivity index is 4.23. The number of nitrogens with one attached hydrogen (secondary N) is 1. The van der Waals surface area contributed by atoms with Gasteiger partial charge < -0.3 is 19.3 Å². The van der Waals surface area contributed by atoms with Crippen LogP contribution in [0, 0.1) is 0 Å². The molecule has 0 aromatic rings. The molecule has 0 aliphatic heterocycles. The average molecular weight is 566 g/mol. The van der Waals surface area contributed by atoms with Crippen molar-refractivity contribution < 1.29 is 18.8 Å². The third-order valence-corrected chi connectivity index (χ3v) is 10.6. The van der Waals surface area contributed by atoms with E-state index in [1.165, 1.54) is 11.8 Å². The van der Waals surface area contributed by atoms with Crippen molar-refractivity contribution in [2.24, 2.45) is 0 Å². The third-order valence-electron chi connectivity index (χ3n) is 6.82. The van der Waals surface area contributed by atoms with Gasteiger partial charge in [0.25, 0.3) is 0 Å². The summed E-state index contributed by atoms with van der Waals surface area (Å²) in [4.78, 5) is 12.2. The fraction of sp³-hybridized carbons (Fsp3) is 0.964. The highest BCUT2D eigenvalue weighted by Gasteiger charge is 2.34. The van der Waals surface area contributed by atoms with E-state index in [0.717, 1.165) is 45.1 Å². The summed E-state index contributed by atoms with van der Waals surface area (Å²) >= 11 is 1.24. The van der Waals surface area contributed by atoms with Gasteiger partial charge in [-0.2, -0.15) is 0 Å². The normalized spacial score (nSPS) is 13.0. The van der Waals surface area contributed by atoms with Crippen LogP contribution in [0.15, 0.2) is 0 Å². The number of carbonyl (C=O) groups is 1. The molecule has 0 amide bonds. The van der Waals surface area contributed by atoms with Crippen LogP contribution in [0.1, 0.15) is 121 Å². The maximum Gasteiger partial charge on any atom is 0.191 e. The average Bonchev–Trinajstić information content (AvgIpc) is 2.82. The van der Waals surface area contributed by atoms with Gasteiger partial charge in [-0.1, -0.05) is 39.0 Å². The molecule has 0 aliphatic carbocycles. The van der Waals surface area contributed by atoms with Crippen LogP contribution in [0.2, 0.25) is 0 Å². The van der Waals surface area contributed by atoms with E-state index in [0.29, 0.717) is 36.5 Å². The highest BCUT2D eigenvalue weighted by molar-refractivity contribution is 8.13. The summed E-state index contributed by atoms with van der Waals surface area (Å²) in [6.07, 6.45) is 7.21. The lowest BCUT2D eigenvalue weighted by atomic mass is 9.89. The van der Waals surface area contributed by atoms with E-state index in [4.69, 9.17) is 14.0 Å². The first-order valence-electron chi connectivity index (χ1n) is 14.5. The van der Waals surface area contributed by atoms with Crippen LogP contribution in [-0.2, 0) is 18.8 Å². The Morgan fingerprint density at radius 2 is 1.30 bits per heavy atom. The lowest BCUT2D eigenvalue weighted by molar-refractivity contribution is -0.111. The molecule has 37 heavy (non-hydrogen) atoms. The Morgan fingerprint density at radius 3 is 1.76 bits per heavy atom. The molecule has 0 heterocycles. The van der Waals surface area contributed by atoms with E-state index in [-0.39, 0.29) is 24.2 Å². The molecule has 0 aliphatic rings. The number of hydrogen-bond donors (Lipinski definition) is 1. The second-order valence-electron chi connectivity index (χ2n) is 10.9. The van der Waals surface area contributed by atoms with Gasteiger partial charge in [0.2, 0.25) is 0 Å². The van der Waals surface area contributed by atoms with Gasteiger partial charge in [0.15, 0.2) is 27.2 Å². The minimum Gasteiger partial charge on any atom is -0.344 e. The van der Waals surface area contributed by atoms with Gasteiger partial charge in [0, 0.05) is 36.1 Å². The van der Waals surface area contributed by atoms with E-state index in [1.807, 2.05) is 0 Å². The second kappa shape index (κ2) is 21.0. The summed E-state index contributed by atoms with van der Waals surface area (Å²) < 4.78 is 22.3. The summed E-state index contributed by atoms with van der Waals surface area (Å²) in [6, 6.07) is 1.44. The minimum absolute atomic E-state index is 0.121. The van der Waals surface area contributed by atoms with Gasteiger partial charge in [-0.05, 0) is 94.0 Å². The van der Waals surface area contributed by atoms with Crippen molar-refractivity contribution in [1.29, 1.82) is 0 Å². The quantitative estimate of drug-likeness (QED) is 0.0766. The van der Waals surface area contributed by atoms with Gasteiger partial charge >= 0.3 is 0 Å². The number of carbonyl (C=O) groups excluding carboxylic acids is 1. The van der Waals surface area contributed by atoms with Gasteiger partial charge in [-0.15, -0.1) is 0 Å².